The summed E-state index contributed by atoms with van der Waals surface area (Å²) in [4.78, 5) is 0. The average molecular weight is 191 g/mol. The zero-order valence-electron chi connectivity index (χ0n) is 7.43. The van der Waals surface area contributed by atoms with E-state index >= 15 is 0 Å². The van der Waals surface area contributed by atoms with E-state index in [1.54, 1.807) is 18.2 Å². The lowest BCUT2D eigenvalue weighted by atomic mass is 10.1. The molecule has 1 aromatic carbocycles. The molecule has 2 rings (SSSR count). The number of hydrogen-bond donors (Lipinski definition) is 1. The molecule has 0 saturated heterocycles. The van der Waals surface area contributed by atoms with Crippen molar-refractivity contribution in [2.45, 2.75) is 12.5 Å². The molecule has 1 unspecified atom stereocenters. The maximum atomic E-state index is 9.53. The second-order valence-corrected chi connectivity index (χ2v) is 2.99. The van der Waals surface area contributed by atoms with Crippen LogP contribution in [0.2, 0.25) is 0 Å². The lowest BCUT2D eigenvalue weighted by molar-refractivity contribution is 0.172. The minimum Gasteiger partial charge on any atom is -0.454 e. The van der Waals surface area contributed by atoms with E-state index in [1.807, 2.05) is 6.07 Å². The average Bonchev–Trinajstić information content (AvgIpc) is 2.64. The van der Waals surface area contributed by atoms with Crippen molar-refractivity contribution in [3.63, 3.8) is 0 Å². The Hall–Kier alpha value is -1.73. The summed E-state index contributed by atoms with van der Waals surface area (Å²) in [6, 6.07) is 7.08. The van der Waals surface area contributed by atoms with Gasteiger partial charge in [-0.3, -0.25) is 0 Å². The molecule has 1 atom stereocenters. The fourth-order valence-electron chi connectivity index (χ4n) is 1.32. The lowest BCUT2D eigenvalue weighted by Gasteiger charge is -2.06. The predicted molar refractivity (Wildman–Crippen MR) is 47.8 cm³/mol. The Labute approximate surface area is 81.3 Å². The second kappa shape index (κ2) is 3.56. The van der Waals surface area contributed by atoms with Gasteiger partial charge in [0.1, 0.15) is 0 Å². The molecular formula is C10H9NO3. The molecule has 0 aromatic heterocycles. The summed E-state index contributed by atoms with van der Waals surface area (Å²) in [5, 5.41) is 18.0. The molecule has 4 nitrogen and oxygen atoms in total. The number of fused-ring (bicyclic) bond motifs is 1. The van der Waals surface area contributed by atoms with E-state index in [-0.39, 0.29) is 13.2 Å². The largest absolute Gasteiger partial charge is 0.454 e. The third kappa shape index (κ3) is 1.50. The molecule has 1 N–H and O–H groups in total. The number of benzene rings is 1. The Kier molecular flexibility index (Phi) is 2.25. The highest BCUT2D eigenvalue weighted by Gasteiger charge is 2.16. The van der Waals surface area contributed by atoms with E-state index in [0.717, 1.165) is 0 Å². The van der Waals surface area contributed by atoms with Gasteiger partial charge in [0.15, 0.2) is 11.5 Å². The number of nitrogens with zero attached hydrogens (tertiary/aromatic N) is 1. The van der Waals surface area contributed by atoms with Crippen molar-refractivity contribution in [1.29, 1.82) is 5.26 Å². The molecule has 72 valence electrons. The van der Waals surface area contributed by atoms with Gasteiger partial charge in [-0.2, -0.15) is 5.26 Å². The van der Waals surface area contributed by atoms with Gasteiger partial charge < -0.3 is 14.6 Å². The van der Waals surface area contributed by atoms with Gasteiger partial charge in [-0.05, 0) is 17.7 Å². The number of nitriles is 1. The Morgan fingerprint density at radius 2 is 2.21 bits per heavy atom. The van der Waals surface area contributed by atoms with Crippen molar-refractivity contribution in [2.75, 3.05) is 6.79 Å². The normalized spacial score (nSPS) is 14.9. The van der Waals surface area contributed by atoms with Gasteiger partial charge in [0.25, 0.3) is 0 Å². The summed E-state index contributed by atoms with van der Waals surface area (Å²) in [5.41, 5.74) is 0.677. The fraction of sp³-hybridized carbons (Fsp3) is 0.300. The minimum absolute atomic E-state index is 0.0830. The van der Waals surface area contributed by atoms with Gasteiger partial charge >= 0.3 is 0 Å². The molecule has 1 aromatic rings. The van der Waals surface area contributed by atoms with Crippen LogP contribution in [0.3, 0.4) is 0 Å². The third-order valence-corrected chi connectivity index (χ3v) is 2.07. The zero-order chi connectivity index (χ0) is 9.97. The minimum atomic E-state index is -0.755. The summed E-state index contributed by atoms with van der Waals surface area (Å²) in [6.07, 6.45) is -0.672. The van der Waals surface area contributed by atoms with Crippen LogP contribution in [-0.2, 0) is 0 Å². The molecule has 1 aliphatic heterocycles. The van der Waals surface area contributed by atoms with Crippen molar-refractivity contribution in [3.05, 3.63) is 23.8 Å². The van der Waals surface area contributed by atoms with Crippen LogP contribution in [0.25, 0.3) is 0 Å². The van der Waals surface area contributed by atoms with E-state index in [2.05, 4.69) is 0 Å². The predicted octanol–water partition coefficient (Wildman–Crippen LogP) is 1.36. The van der Waals surface area contributed by atoms with Gasteiger partial charge in [-0.15, -0.1) is 0 Å². The van der Waals surface area contributed by atoms with Crippen molar-refractivity contribution >= 4 is 0 Å². The molecular weight excluding hydrogens is 182 g/mol. The van der Waals surface area contributed by atoms with Crippen molar-refractivity contribution in [1.82, 2.24) is 0 Å². The van der Waals surface area contributed by atoms with Crippen LogP contribution < -0.4 is 9.47 Å². The Balaban J connectivity index is 2.25. The molecule has 4 heteroatoms. The maximum Gasteiger partial charge on any atom is 0.231 e. The summed E-state index contributed by atoms with van der Waals surface area (Å²) in [6.45, 7) is 0.215. The van der Waals surface area contributed by atoms with Crippen LogP contribution in [0, 0.1) is 11.3 Å². The molecule has 14 heavy (non-hydrogen) atoms. The third-order valence-electron chi connectivity index (χ3n) is 2.07. The van der Waals surface area contributed by atoms with Crippen LogP contribution in [-0.4, -0.2) is 11.9 Å². The molecule has 1 aliphatic rings. The quantitative estimate of drug-likeness (QED) is 0.766. The molecule has 0 amide bonds. The first-order valence-electron chi connectivity index (χ1n) is 4.26. The highest BCUT2D eigenvalue weighted by molar-refractivity contribution is 5.45. The van der Waals surface area contributed by atoms with Crippen LogP contribution in [0.1, 0.15) is 18.1 Å². The van der Waals surface area contributed by atoms with Gasteiger partial charge in [-0.25, -0.2) is 0 Å². The molecule has 0 saturated carbocycles. The standard InChI is InChI=1S/C10H9NO3/c11-4-3-8(12)7-1-2-9-10(5-7)14-6-13-9/h1-2,5,8,12H,3,6H2. The van der Waals surface area contributed by atoms with Gasteiger partial charge in [-0.1, -0.05) is 6.07 Å². The van der Waals surface area contributed by atoms with Crippen LogP contribution in [0.15, 0.2) is 18.2 Å². The Morgan fingerprint density at radius 3 is 3.00 bits per heavy atom. The van der Waals surface area contributed by atoms with Crippen molar-refractivity contribution < 1.29 is 14.6 Å². The van der Waals surface area contributed by atoms with Crippen LogP contribution >= 0.6 is 0 Å². The van der Waals surface area contributed by atoms with E-state index in [9.17, 15) is 5.11 Å². The Morgan fingerprint density at radius 1 is 1.43 bits per heavy atom. The first-order chi connectivity index (χ1) is 6.81. The SMILES string of the molecule is N#CCC(O)c1ccc2c(c1)OCO2. The van der Waals surface area contributed by atoms with Gasteiger partial charge in [0, 0.05) is 0 Å². The molecule has 0 aliphatic carbocycles. The van der Waals surface area contributed by atoms with Gasteiger partial charge in [0.05, 0.1) is 18.6 Å². The molecule has 0 bridgehead atoms. The second-order valence-electron chi connectivity index (χ2n) is 2.99. The number of hydrogen-bond acceptors (Lipinski definition) is 4. The zero-order valence-corrected chi connectivity index (χ0v) is 7.43. The van der Waals surface area contributed by atoms with E-state index < -0.39 is 6.10 Å². The Bertz CT molecular complexity index is 383. The summed E-state index contributed by atoms with van der Waals surface area (Å²) < 4.78 is 10.3. The van der Waals surface area contributed by atoms with Crippen LogP contribution in [0.4, 0.5) is 0 Å². The summed E-state index contributed by atoms with van der Waals surface area (Å²) in [5.74, 6) is 1.30. The van der Waals surface area contributed by atoms with Gasteiger partial charge in [0.2, 0.25) is 6.79 Å². The van der Waals surface area contributed by atoms with E-state index in [1.165, 1.54) is 0 Å². The lowest BCUT2D eigenvalue weighted by Crippen LogP contribution is -1.95. The maximum absolute atomic E-state index is 9.53. The van der Waals surface area contributed by atoms with E-state index in [4.69, 9.17) is 14.7 Å². The number of ether oxygens (including phenoxy) is 2. The highest BCUT2D eigenvalue weighted by atomic mass is 16.7. The van der Waals surface area contributed by atoms with Crippen LogP contribution in [0.5, 0.6) is 11.5 Å². The summed E-state index contributed by atoms with van der Waals surface area (Å²) >= 11 is 0. The monoisotopic (exact) mass is 191 g/mol. The van der Waals surface area contributed by atoms with Crippen molar-refractivity contribution in [2.24, 2.45) is 0 Å². The first-order valence-corrected chi connectivity index (χ1v) is 4.26. The number of aliphatic hydroxyl groups is 1. The highest BCUT2D eigenvalue weighted by Crippen LogP contribution is 2.34. The molecule has 0 spiro atoms. The molecule has 1 heterocycles. The molecule has 0 radical (unpaired) electrons. The summed E-state index contributed by atoms with van der Waals surface area (Å²) in [7, 11) is 0. The topological polar surface area (TPSA) is 62.5 Å². The van der Waals surface area contributed by atoms with Crippen molar-refractivity contribution in [3.8, 4) is 17.6 Å². The molecule has 0 fully saturated rings. The number of rotatable bonds is 2. The number of aliphatic hydroxyl groups excluding tert-OH is 1. The first kappa shape index (κ1) is 8.85. The fourth-order valence-corrected chi connectivity index (χ4v) is 1.32. The smallest absolute Gasteiger partial charge is 0.231 e. The van der Waals surface area contributed by atoms with E-state index in [0.29, 0.717) is 17.1 Å².